The van der Waals surface area contributed by atoms with E-state index < -0.39 is 0 Å². The Morgan fingerprint density at radius 3 is 2.66 bits per heavy atom. The van der Waals surface area contributed by atoms with Gasteiger partial charge in [0.25, 0.3) is 0 Å². The molecule has 1 unspecified atom stereocenters. The molecule has 3 rings (SSSR count). The lowest BCUT2D eigenvalue weighted by atomic mass is 10.2. The maximum Gasteiger partial charge on any atom is 0.141 e. The van der Waals surface area contributed by atoms with E-state index in [0.717, 1.165) is 48.2 Å². The Morgan fingerprint density at radius 1 is 1.29 bits per heavy atom. The third-order valence-electron chi connectivity index (χ3n) is 4.84. The van der Waals surface area contributed by atoms with Crippen molar-refractivity contribution < 1.29 is 23.0 Å². The molecule has 2 aromatic rings. The molecule has 35 heavy (non-hydrogen) atoms. The lowest BCUT2D eigenvalue weighted by Gasteiger charge is -2.29. The number of alkyl halides is 1. The zero-order chi connectivity index (χ0) is 26.2. The number of likely N-dealkylation sites (N-methyl/N-ethyl adjacent to an activating group) is 1. The number of aromatic nitrogens is 2. The topological polar surface area (TPSA) is 68.7 Å². The van der Waals surface area contributed by atoms with Crippen LogP contribution in [0.25, 0.3) is 12.2 Å². The average Bonchev–Trinajstić information content (AvgIpc) is 2.87. The summed E-state index contributed by atoms with van der Waals surface area (Å²) in [5, 5.41) is 2.99. The molecule has 194 valence electrons. The van der Waals surface area contributed by atoms with E-state index >= 15 is 0 Å². The Hall–Kier alpha value is -2.75. The summed E-state index contributed by atoms with van der Waals surface area (Å²) in [4.78, 5) is 10.6. The number of anilines is 1. The molecule has 1 saturated heterocycles. The van der Waals surface area contributed by atoms with Gasteiger partial charge in [-0.2, -0.15) is 0 Å². The van der Waals surface area contributed by atoms with Crippen molar-refractivity contribution in [1.82, 2.24) is 14.9 Å². The molecule has 1 atom stereocenters. The first-order chi connectivity index (χ1) is 16.8. The van der Waals surface area contributed by atoms with Gasteiger partial charge in [0.1, 0.15) is 24.9 Å². The number of allylic oxidation sites excluding steroid dienone is 2. The van der Waals surface area contributed by atoms with Gasteiger partial charge >= 0.3 is 0 Å². The Morgan fingerprint density at radius 2 is 2.03 bits per heavy atom. The summed E-state index contributed by atoms with van der Waals surface area (Å²) >= 11 is 5.48. The molecule has 0 spiro atoms. The monoisotopic (exact) mass is 512 g/mol. The van der Waals surface area contributed by atoms with Crippen molar-refractivity contribution >= 4 is 29.4 Å². The molecular weight excluding hydrogens is 478 g/mol. The molecule has 1 aromatic heterocycles. The highest BCUT2D eigenvalue weighted by atomic mass is 35.5. The Balaban J connectivity index is 0.000000425. The van der Waals surface area contributed by atoms with Gasteiger partial charge in [-0.1, -0.05) is 11.6 Å². The molecular formula is C25H35ClF2N4O3. The van der Waals surface area contributed by atoms with E-state index in [1.807, 2.05) is 26.0 Å². The summed E-state index contributed by atoms with van der Waals surface area (Å²) in [7, 11) is 5.99. The van der Waals surface area contributed by atoms with Crippen LogP contribution in [0.4, 0.5) is 14.5 Å². The number of hydrogen-bond donors (Lipinski definition) is 1. The van der Waals surface area contributed by atoms with Crippen LogP contribution in [-0.4, -0.2) is 75.7 Å². The van der Waals surface area contributed by atoms with Crippen molar-refractivity contribution in [2.45, 2.75) is 20.0 Å². The number of ether oxygens (including phenoxy) is 3. The molecule has 0 amide bonds. The predicted octanol–water partition coefficient (Wildman–Crippen LogP) is 5.30. The predicted molar refractivity (Wildman–Crippen MR) is 138 cm³/mol. The van der Waals surface area contributed by atoms with Gasteiger partial charge < -0.3 is 24.4 Å². The largest absolute Gasteiger partial charge is 0.501 e. The van der Waals surface area contributed by atoms with E-state index in [1.165, 1.54) is 18.5 Å². The van der Waals surface area contributed by atoms with E-state index in [0.29, 0.717) is 13.8 Å². The molecule has 1 aliphatic rings. The second kappa shape index (κ2) is 16.8. The van der Waals surface area contributed by atoms with Crippen LogP contribution in [0.5, 0.6) is 0 Å². The summed E-state index contributed by atoms with van der Waals surface area (Å²) in [6, 6.07) is 4.49. The number of nitrogens with one attached hydrogen (secondary N) is 1. The zero-order valence-electron chi connectivity index (χ0n) is 21.1. The number of nitrogens with zero attached hydrogens (tertiary/aromatic N) is 3. The Kier molecular flexibility index (Phi) is 14.5. The molecule has 10 heteroatoms. The normalized spacial score (nSPS) is 16.3. The maximum absolute atomic E-state index is 12.5. The van der Waals surface area contributed by atoms with Gasteiger partial charge in [0.2, 0.25) is 0 Å². The minimum Gasteiger partial charge on any atom is -0.501 e. The van der Waals surface area contributed by atoms with Gasteiger partial charge in [-0.25, -0.2) is 14.4 Å². The first-order valence-electron chi connectivity index (χ1n) is 11.0. The molecule has 1 N–H and O–H groups in total. The van der Waals surface area contributed by atoms with E-state index in [2.05, 4.69) is 27.2 Å². The summed E-state index contributed by atoms with van der Waals surface area (Å²) in [6.07, 6.45) is 7.20. The molecule has 0 aliphatic carbocycles. The smallest absolute Gasteiger partial charge is 0.141 e. The number of morpholine rings is 1. The van der Waals surface area contributed by atoms with Crippen LogP contribution in [0, 0.1) is 5.82 Å². The molecule has 1 aromatic carbocycles. The van der Waals surface area contributed by atoms with Crippen LogP contribution in [0.3, 0.4) is 0 Å². The minimum absolute atomic E-state index is 0.109. The standard InChI is InChI=1S/C17H25N3O3.C7H7ClFN.CH3F/c1-13(21-4)7-15-9-18-12-19-17(15)8-14(2)23-11-16-10-20(3)5-6-22-16;1-10-5-2-3-7(9)6(8)4-5;1-2/h7-9,12,16H,5-6,10-11H2,1-4H3;2-4,10H,1H3;1H3/b13-7+,14-8+;;. The number of hydrogen-bond acceptors (Lipinski definition) is 7. The van der Waals surface area contributed by atoms with Crippen molar-refractivity contribution in [3.8, 4) is 0 Å². The molecule has 1 fully saturated rings. The van der Waals surface area contributed by atoms with Crippen LogP contribution in [0.2, 0.25) is 5.02 Å². The molecule has 0 saturated carbocycles. The van der Waals surface area contributed by atoms with Crippen LogP contribution < -0.4 is 5.32 Å². The Labute approximate surface area is 211 Å². The van der Waals surface area contributed by atoms with E-state index in [-0.39, 0.29) is 16.9 Å². The van der Waals surface area contributed by atoms with Crippen LogP contribution in [0.1, 0.15) is 25.1 Å². The fraction of sp³-hybridized carbons (Fsp3) is 0.440. The fourth-order valence-electron chi connectivity index (χ4n) is 2.94. The van der Waals surface area contributed by atoms with Crippen LogP contribution >= 0.6 is 11.6 Å². The van der Waals surface area contributed by atoms with Gasteiger partial charge in [-0.05, 0) is 45.2 Å². The highest BCUT2D eigenvalue weighted by Crippen LogP contribution is 2.18. The SMILES string of the molecule is CF.CNc1ccc(F)c(Cl)c1.CO/C(C)=C/c1cncnc1/C=C(\C)OCC1CN(C)CCO1. The van der Waals surface area contributed by atoms with Gasteiger partial charge in [-0.15, -0.1) is 0 Å². The molecule has 0 radical (unpaired) electrons. The van der Waals surface area contributed by atoms with Crippen molar-refractivity contribution in [1.29, 1.82) is 0 Å². The highest BCUT2D eigenvalue weighted by molar-refractivity contribution is 6.31. The average molecular weight is 513 g/mol. The summed E-state index contributed by atoms with van der Waals surface area (Å²) in [6.45, 7) is 6.97. The molecule has 0 bridgehead atoms. The van der Waals surface area contributed by atoms with Crippen molar-refractivity contribution in [2.75, 3.05) is 60.0 Å². The minimum atomic E-state index is -0.388. The summed E-state index contributed by atoms with van der Waals surface area (Å²) in [5.41, 5.74) is 2.51. The second-order valence-corrected chi connectivity index (χ2v) is 7.93. The quantitative estimate of drug-likeness (QED) is 0.505. The van der Waals surface area contributed by atoms with Crippen molar-refractivity contribution in [3.05, 3.63) is 64.3 Å². The highest BCUT2D eigenvalue weighted by Gasteiger charge is 2.18. The number of rotatable bonds is 7. The number of benzene rings is 1. The van der Waals surface area contributed by atoms with Crippen LogP contribution in [-0.2, 0) is 14.2 Å². The number of methoxy groups -OCH3 is 1. The van der Waals surface area contributed by atoms with E-state index in [9.17, 15) is 8.78 Å². The third kappa shape index (κ3) is 11.5. The lowest BCUT2D eigenvalue weighted by molar-refractivity contribution is -0.0512. The first-order valence-corrected chi connectivity index (χ1v) is 11.3. The van der Waals surface area contributed by atoms with Gasteiger partial charge in [-0.3, -0.25) is 4.39 Å². The molecule has 2 heterocycles. The summed E-state index contributed by atoms with van der Waals surface area (Å²) in [5.74, 6) is 1.21. The molecule has 7 nitrogen and oxygen atoms in total. The van der Waals surface area contributed by atoms with Gasteiger partial charge in [0.15, 0.2) is 0 Å². The van der Waals surface area contributed by atoms with E-state index in [4.69, 9.17) is 25.8 Å². The van der Waals surface area contributed by atoms with Gasteiger partial charge in [0, 0.05) is 43.7 Å². The summed E-state index contributed by atoms with van der Waals surface area (Å²) < 4.78 is 38.7. The van der Waals surface area contributed by atoms with Crippen molar-refractivity contribution in [3.63, 3.8) is 0 Å². The maximum atomic E-state index is 12.5. The zero-order valence-corrected chi connectivity index (χ0v) is 21.9. The number of halogens is 3. The third-order valence-corrected chi connectivity index (χ3v) is 5.13. The van der Waals surface area contributed by atoms with Crippen LogP contribution in [0.15, 0.2) is 42.2 Å². The fourth-order valence-corrected chi connectivity index (χ4v) is 3.12. The van der Waals surface area contributed by atoms with E-state index in [1.54, 1.807) is 26.4 Å². The Bertz CT molecular complexity index is 960. The van der Waals surface area contributed by atoms with Gasteiger partial charge in [0.05, 0.1) is 43.1 Å². The lowest BCUT2D eigenvalue weighted by Crippen LogP contribution is -2.42. The van der Waals surface area contributed by atoms with Crippen molar-refractivity contribution in [2.24, 2.45) is 0 Å². The second-order valence-electron chi connectivity index (χ2n) is 7.52. The first kappa shape index (κ1) is 30.3. The molecule has 1 aliphatic heterocycles.